The van der Waals surface area contributed by atoms with Crippen molar-refractivity contribution in [2.75, 3.05) is 18.4 Å². The highest BCUT2D eigenvalue weighted by molar-refractivity contribution is 5.89. The fraction of sp³-hybridized carbons (Fsp3) is 0.333. The van der Waals surface area contributed by atoms with Crippen LogP contribution in [0.5, 0.6) is 0 Å². The Morgan fingerprint density at radius 1 is 1.12 bits per heavy atom. The van der Waals surface area contributed by atoms with Crippen LogP contribution in [0.1, 0.15) is 30.9 Å². The molecule has 1 saturated heterocycles. The molecule has 0 aromatic heterocycles. The van der Waals surface area contributed by atoms with Crippen LogP contribution < -0.4 is 5.32 Å². The number of carbonyl (C=O) groups excluding carboxylic acids is 1. The molecule has 2 aromatic carbocycles. The Kier molecular flexibility index (Phi) is 5.04. The number of carbonyl (C=O) groups is 1. The molecule has 3 rings (SSSR count). The lowest BCUT2D eigenvalue weighted by Crippen LogP contribution is -2.46. The first-order valence-electron chi connectivity index (χ1n) is 8.78. The number of nitrogens with one attached hydrogen (secondary N) is 1. The molecule has 1 fully saturated rings. The summed E-state index contributed by atoms with van der Waals surface area (Å²) in [4.78, 5) is 14.3. The molecule has 0 spiro atoms. The van der Waals surface area contributed by atoms with E-state index >= 15 is 0 Å². The van der Waals surface area contributed by atoms with Crippen molar-refractivity contribution in [3.63, 3.8) is 0 Å². The molecule has 0 aliphatic carbocycles. The molecule has 2 amide bonds. The number of urea groups is 1. The third-order valence-electron chi connectivity index (χ3n) is 5.06. The molecule has 0 unspecified atom stereocenters. The van der Waals surface area contributed by atoms with Crippen LogP contribution in [-0.4, -0.2) is 24.0 Å². The largest absolute Gasteiger partial charge is 0.324 e. The van der Waals surface area contributed by atoms with Gasteiger partial charge in [-0.25, -0.2) is 4.79 Å². The van der Waals surface area contributed by atoms with Gasteiger partial charge >= 0.3 is 6.03 Å². The standard InChI is InChI=1S/C21H23N3O/c1-2-17-8-10-19(11-9-17)23-20(25)24-14-12-21(16-22,13-15-24)18-6-4-3-5-7-18/h3-11H,2,12-15H2,1H3,(H,23,25). The Morgan fingerprint density at radius 2 is 1.76 bits per heavy atom. The van der Waals surface area contributed by atoms with Gasteiger partial charge in [-0.1, -0.05) is 49.4 Å². The van der Waals surface area contributed by atoms with Crippen molar-refractivity contribution in [1.82, 2.24) is 4.90 Å². The van der Waals surface area contributed by atoms with E-state index in [0.717, 1.165) is 17.7 Å². The number of likely N-dealkylation sites (tertiary alicyclic amines) is 1. The molecule has 0 radical (unpaired) electrons. The summed E-state index contributed by atoms with van der Waals surface area (Å²) in [7, 11) is 0. The van der Waals surface area contributed by atoms with E-state index in [1.165, 1.54) is 5.56 Å². The van der Waals surface area contributed by atoms with Crippen LogP contribution in [0.4, 0.5) is 10.5 Å². The van der Waals surface area contributed by atoms with E-state index in [0.29, 0.717) is 25.9 Å². The summed E-state index contributed by atoms with van der Waals surface area (Å²) in [5.74, 6) is 0. The van der Waals surface area contributed by atoms with Gasteiger partial charge in [0.25, 0.3) is 0 Å². The summed E-state index contributed by atoms with van der Waals surface area (Å²) < 4.78 is 0. The highest BCUT2D eigenvalue weighted by Crippen LogP contribution is 2.35. The molecule has 0 atom stereocenters. The van der Waals surface area contributed by atoms with Gasteiger partial charge in [-0.15, -0.1) is 0 Å². The summed E-state index contributed by atoms with van der Waals surface area (Å²) >= 11 is 0. The van der Waals surface area contributed by atoms with Gasteiger partial charge in [0.15, 0.2) is 0 Å². The van der Waals surface area contributed by atoms with Crippen molar-refractivity contribution in [1.29, 1.82) is 5.26 Å². The molecule has 2 aromatic rings. The maximum atomic E-state index is 12.5. The highest BCUT2D eigenvalue weighted by Gasteiger charge is 2.37. The average Bonchev–Trinajstić information content (AvgIpc) is 2.69. The Morgan fingerprint density at radius 3 is 2.32 bits per heavy atom. The molecule has 128 valence electrons. The van der Waals surface area contributed by atoms with Crippen molar-refractivity contribution in [2.24, 2.45) is 0 Å². The second kappa shape index (κ2) is 7.40. The van der Waals surface area contributed by atoms with Gasteiger partial charge in [0.2, 0.25) is 0 Å². The Balaban J connectivity index is 1.63. The zero-order chi connectivity index (χ0) is 17.7. The number of nitrogens with zero attached hydrogens (tertiary/aromatic N) is 2. The quantitative estimate of drug-likeness (QED) is 0.908. The third-order valence-corrected chi connectivity index (χ3v) is 5.06. The van der Waals surface area contributed by atoms with Gasteiger partial charge in [0, 0.05) is 18.8 Å². The van der Waals surface area contributed by atoms with Crippen molar-refractivity contribution in [3.05, 3.63) is 65.7 Å². The zero-order valence-electron chi connectivity index (χ0n) is 14.5. The molecule has 25 heavy (non-hydrogen) atoms. The maximum absolute atomic E-state index is 12.5. The van der Waals surface area contributed by atoms with E-state index in [4.69, 9.17) is 0 Å². The summed E-state index contributed by atoms with van der Waals surface area (Å²) in [6.45, 7) is 3.28. The molecular formula is C21H23N3O. The third kappa shape index (κ3) is 3.66. The fourth-order valence-corrected chi connectivity index (χ4v) is 3.34. The molecule has 0 bridgehead atoms. The molecule has 1 heterocycles. The summed E-state index contributed by atoms with van der Waals surface area (Å²) in [5.41, 5.74) is 2.62. The van der Waals surface area contributed by atoms with Crippen molar-refractivity contribution in [2.45, 2.75) is 31.6 Å². The van der Waals surface area contributed by atoms with Crippen LogP contribution in [0.25, 0.3) is 0 Å². The lowest BCUT2D eigenvalue weighted by atomic mass is 9.74. The van der Waals surface area contributed by atoms with Crippen molar-refractivity contribution >= 4 is 11.7 Å². The van der Waals surface area contributed by atoms with Crippen LogP contribution in [-0.2, 0) is 11.8 Å². The summed E-state index contributed by atoms with van der Waals surface area (Å²) in [5, 5.41) is 12.7. The van der Waals surface area contributed by atoms with Gasteiger partial charge in [0.1, 0.15) is 0 Å². The molecular weight excluding hydrogens is 310 g/mol. The smallest absolute Gasteiger partial charge is 0.321 e. The summed E-state index contributed by atoms with van der Waals surface area (Å²) in [6, 6.07) is 20.2. The van der Waals surface area contributed by atoms with Gasteiger partial charge in [-0.2, -0.15) is 5.26 Å². The van der Waals surface area contributed by atoms with Crippen LogP contribution in [0.2, 0.25) is 0 Å². The summed E-state index contributed by atoms with van der Waals surface area (Å²) in [6.07, 6.45) is 2.31. The van der Waals surface area contributed by atoms with Crippen LogP contribution in [0.15, 0.2) is 54.6 Å². The number of benzene rings is 2. The van der Waals surface area contributed by atoms with E-state index in [9.17, 15) is 10.1 Å². The SMILES string of the molecule is CCc1ccc(NC(=O)N2CCC(C#N)(c3ccccc3)CC2)cc1. The first-order valence-corrected chi connectivity index (χ1v) is 8.78. The van der Waals surface area contributed by atoms with Gasteiger partial charge in [-0.05, 0) is 42.5 Å². The van der Waals surface area contributed by atoms with Crippen molar-refractivity contribution < 1.29 is 4.79 Å². The van der Waals surface area contributed by atoms with E-state index in [2.05, 4.69) is 18.3 Å². The maximum Gasteiger partial charge on any atom is 0.321 e. The lowest BCUT2D eigenvalue weighted by Gasteiger charge is -2.37. The minimum atomic E-state index is -0.485. The molecule has 4 nitrogen and oxygen atoms in total. The first-order chi connectivity index (χ1) is 12.2. The normalized spacial score (nSPS) is 16.1. The predicted octanol–water partition coefficient (Wildman–Crippen LogP) is 4.34. The molecule has 0 saturated carbocycles. The van der Waals surface area contributed by atoms with Gasteiger partial charge in [-0.3, -0.25) is 0 Å². The van der Waals surface area contributed by atoms with E-state index in [1.54, 1.807) is 4.90 Å². The van der Waals surface area contributed by atoms with Gasteiger partial charge in [0.05, 0.1) is 11.5 Å². The minimum Gasteiger partial charge on any atom is -0.324 e. The van der Waals surface area contributed by atoms with Crippen LogP contribution >= 0.6 is 0 Å². The first kappa shape index (κ1) is 17.0. The van der Waals surface area contributed by atoms with Gasteiger partial charge < -0.3 is 10.2 Å². The molecule has 1 aliphatic rings. The Hall–Kier alpha value is -2.80. The average molecular weight is 333 g/mol. The van der Waals surface area contributed by atoms with Crippen LogP contribution in [0.3, 0.4) is 0 Å². The number of piperidine rings is 1. The second-order valence-electron chi connectivity index (χ2n) is 6.53. The van der Waals surface area contributed by atoms with E-state index in [-0.39, 0.29) is 6.03 Å². The highest BCUT2D eigenvalue weighted by atomic mass is 16.2. The number of nitriles is 1. The number of hydrogen-bond acceptors (Lipinski definition) is 2. The molecule has 1 N–H and O–H groups in total. The van der Waals surface area contributed by atoms with E-state index < -0.39 is 5.41 Å². The number of aryl methyl sites for hydroxylation is 1. The van der Waals surface area contributed by atoms with E-state index in [1.807, 2.05) is 54.6 Å². The number of amides is 2. The van der Waals surface area contributed by atoms with Crippen LogP contribution in [0, 0.1) is 11.3 Å². The number of hydrogen-bond donors (Lipinski definition) is 1. The monoisotopic (exact) mass is 333 g/mol. The zero-order valence-corrected chi connectivity index (χ0v) is 14.5. The second-order valence-corrected chi connectivity index (χ2v) is 6.53. The predicted molar refractivity (Wildman–Crippen MR) is 99.4 cm³/mol. The Labute approximate surface area is 149 Å². The number of rotatable bonds is 3. The Bertz CT molecular complexity index is 754. The van der Waals surface area contributed by atoms with Crippen molar-refractivity contribution in [3.8, 4) is 6.07 Å². The lowest BCUT2D eigenvalue weighted by molar-refractivity contribution is 0.183. The molecule has 1 aliphatic heterocycles. The number of anilines is 1. The fourth-order valence-electron chi connectivity index (χ4n) is 3.34. The minimum absolute atomic E-state index is 0.0937. The molecule has 4 heteroatoms. The topological polar surface area (TPSA) is 56.1 Å².